The lowest BCUT2D eigenvalue weighted by Crippen LogP contribution is -2.21. The van der Waals surface area contributed by atoms with Gasteiger partial charge in [-0.2, -0.15) is 0 Å². The average Bonchev–Trinajstić information content (AvgIpc) is 2.69. The van der Waals surface area contributed by atoms with Gasteiger partial charge in [0.1, 0.15) is 5.76 Å². The highest BCUT2D eigenvalue weighted by molar-refractivity contribution is 5.14. The molecule has 1 aromatic rings. The fraction of sp³-hybridized carbons (Fsp3) is 0.714. The molecule has 0 aliphatic rings. The molecule has 0 atom stereocenters. The fourth-order valence-corrected chi connectivity index (χ4v) is 1.88. The van der Waals surface area contributed by atoms with Gasteiger partial charge in [0.2, 0.25) is 0 Å². The molecule has 3 nitrogen and oxygen atoms in total. The van der Waals surface area contributed by atoms with Crippen LogP contribution in [0.15, 0.2) is 16.7 Å². The van der Waals surface area contributed by atoms with Crippen LogP contribution < -0.4 is 5.32 Å². The Hall–Kier alpha value is -0.800. The lowest BCUT2D eigenvalue weighted by atomic mass is 10.2. The summed E-state index contributed by atoms with van der Waals surface area (Å²) >= 11 is 0. The highest BCUT2D eigenvalue weighted by atomic mass is 16.3. The topological polar surface area (TPSA) is 28.4 Å². The molecule has 1 N–H and O–H groups in total. The first-order valence-corrected chi connectivity index (χ1v) is 6.66. The van der Waals surface area contributed by atoms with Crippen LogP contribution in [0.3, 0.4) is 0 Å². The van der Waals surface area contributed by atoms with Gasteiger partial charge in [-0.3, -0.25) is 0 Å². The molecular weight excluding hydrogens is 212 g/mol. The fourth-order valence-electron chi connectivity index (χ4n) is 1.88. The Bertz CT molecular complexity index is 296. The number of furan rings is 1. The van der Waals surface area contributed by atoms with Gasteiger partial charge in [0.15, 0.2) is 0 Å². The van der Waals surface area contributed by atoms with Gasteiger partial charge in [-0.15, -0.1) is 0 Å². The highest BCUT2D eigenvalue weighted by Crippen LogP contribution is 2.11. The molecule has 0 unspecified atom stereocenters. The van der Waals surface area contributed by atoms with Gasteiger partial charge in [0.25, 0.3) is 0 Å². The first-order chi connectivity index (χ1) is 8.24. The van der Waals surface area contributed by atoms with Crippen LogP contribution in [0.1, 0.15) is 37.5 Å². The summed E-state index contributed by atoms with van der Waals surface area (Å²) in [5, 5.41) is 3.43. The maximum atomic E-state index is 5.30. The largest absolute Gasteiger partial charge is 0.469 e. The zero-order valence-electron chi connectivity index (χ0n) is 11.5. The minimum Gasteiger partial charge on any atom is -0.469 e. The molecule has 17 heavy (non-hydrogen) atoms. The van der Waals surface area contributed by atoms with E-state index in [1.807, 2.05) is 6.92 Å². The Morgan fingerprint density at radius 2 is 2.12 bits per heavy atom. The van der Waals surface area contributed by atoms with Crippen LogP contribution in [0.4, 0.5) is 0 Å². The molecular formula is C14H26N2O. The summed E-state index contributed by atoms with van der Waals surface area (Å²) in [7, 11) is 2.17. The third-order valence-electron chi connectivity index (χ3n) is 2.98. The first-order valence-electron chi connectivity index (χ1n) is 6.66. The Balaban J connectivity index is 2.05. The van der Waals surface area contributed by atoms with Gasteiger partial charge in [-0.25, -0.2) is 0 Å². The number of hydrogen-bond acceptors (Lipinski definition) is 3. The van der Waals surface area contributed by atoms with Crippen molar-refractivity contribution in [1.82, 2.24) is 10.2 Å². The van der Waals surface area contributed by atoms with Crippen molar-refractivity contribution in [3.8, 4) is 0 Å². The smallest absolute Gasteiger partial charge is 0.105 e. The second-order valence-electron chi connectivity index (χ2n) is 4.70. The van der Waals surface area contributed by atoms with E-state index in [2.05, 4.69) is 30.3 Å². The van der Waals surface area contributed by atoms with Crippen molar-refractivity contribution in [2.45, 2.75) is 39.7 Å². The maximum Gasteiger partial charge on any atom is 0.105 e. The predicted molar refractivity (Wildman–Crippen MR) is 72.2 cm³/mol. The molecule has 0 radical (unpaired) electrons. The maximum absolute atomic E-state index is 5.30. The summed E-state index contributed by atoms with van der Waals surface area (Å²) in [6, 6.07) is 2.06. The summed E-state index contributed by atoms with van der Waals surface area (Å²) in [4.78, 5) is 2.36. The normalized spacial score (nSPS) is 11.3. The summed E-state index contributed by atoms with van der Waals surface area (Å²) < 4.78 is 5.30. The quantitative estimate of drug-likeness (QED) is 0.671. The Morgan fingerprint density at radius 1 is 1.29 bits per heavy atom. The molecule has 0 aromatic carbocycles. The Labute approximate surface area is 105 Å². The first kappa shape index (κ1) is 14.3. The van der Waals surface area contributed by atoms with E-state index in [4.69, 9.17) is 4.42 Å². The molecule has 98 valence electrons. The number of aryl methyl sites for hydroxylation is 1. The van der Waals surface area contributed by atoms with Crippen LogP contribution in [-0.2, 0) is 6.54 Å². The standard InChI is InChI=1S/C14H26N2O/c1-4-8-15-9-5-6-10-16(3)12-14-7-11-17-13(14)2/h7,11,15H,4-6,8-10,12H2,1-3H3. The number of unbranched alkanes of at least 4 members (excludes halogenated alkanes) is 1. The third-order valence-corrected chi connectivity index (χ3v) is 2.98. The zero-order valence-corrected chi connectivity index (χ0v) is 11.5. The van der Waals surface area contributed by atoms with Crippen molar-refractivity contribution in [3.05, 3.63) is 23.7 Å². The van der Waals surface area contributed by atoms with Crippen molar-refractivity contribution in [2.75, 3.05) is 26.7 Å². The van der Waals surface area contributed by atoms with Gasteiger partial charge in [0.05, 0.1) is 6.26 Å². The van der Waals surface area contributed by atoms with E-state index in [0.29, 0.717) is 0 Å². The van der Waals surface area contributed by atoms with Crippen LogP contribution in [0.25, 0.3) is 0 Å². The van der Waals surface area contributed by atoms with E-state index >= 15 is 0 Å². The molecule has 1 rings (SSSR count). The van der Waals surface area contributed by atoms with Gasteiger partial charge in [0, 0.05) is 12.1 Å². The Morgan fingerprint density at radius 3 is 2.76 bits per heavy atom. The Kier molecular flexibility index (Phi) is 6.97. The number of nitrogens with zero attached hydrogens (tertiary/aromatic N) is 1. The SMILES string of the molecule is CCCNCCCCN(C)Cc1ccoc1C. The molecule has 0 amide bonds. The molecule has 3 heteroatoms. The molecule has 0 saturated heterocycles. The molecule has 0 aliphatic carbocycles. The van der Waals surface area contributed by atoms with Crippen molar-refractivity contribution in [1.29, 1.82) is 0 Å². The van der Waals surface area contributed by atoms with Gasteiger partial charge in [-0.1, -0.05) is 6.92 Å². The average molecular weight is 238 g/mol. The van der Waals surface area contributed by atoms with Gasteiger partial charge >= 0.3 is 0 Å². The second kappa shape index (κ2) is 8.31. The van der Waals surface area contributed by atoms with Crippen molar-refractivity contribution in [3.63, 3.8) is 0 Å². The summed E-state index contributed by atoms with van der Waals surface area (Å²) in [6.45, 7) is 8.66. The van der Waals surface area contributed by atoms with E-state index in [1.165, 1.54) is 24.8 Å². The highest BCUT2D eigenvalue weighted by Gasteiger charge is 2.04. The summed E-state index contributed by atoms with van der Waals surface area (Å²) in [5.41, 5.74) is 1.30. The molecule has 1 aromatic heterocycles. The van der Waals surface area contributed by atoms with Crippen LogP contribution >= 0.6 is 0 Å². The monoisotopic (exact) mass is 238 g/mol. The van der Waals surface area contributed by atoms with Crippen LogP contribution in [-0.4, -0.2) is 31.6 Å². The lowest BCUT2D eigenvalue weighted by Gasteiger charge is -2.16. The summed E-state index contributed by atoms with van der Waals surface area (Å²) in [5.74, 6) is 1.04. The van der Waals surface area contributed by atoms with Crippen molar-refractivity contribution < 1.29 is 4.42 Å². The van der Waals surface area contributed by atoms with Gasteiger partial charge < -0.3 is 14.6 Å². The molecule has 1 heterocycles. The van der Waals surface area contributed by atoms with Gasteiger partial charge in [-0.05, 0) is 58.9 Å². The van der Waals surface area contributed by atoms with Crippen LogP contribution in [0.5, 0.6) is 0 Å². The third kappa shape index (κ3) is 5.89. The summed E-state index contributed by atoms with van der Waals surface area (Å²) in [6.07, 6.45) is 5.51. The number of nitrogens with one attached hydrogen (secondary N) is 1. The molecule has 0 aliphatic heterocycles. The molecule has 0 bridgehead atoms. The molecule has 0 fully saturated rings. The van der Waals surface area contributed by atoms with E-state index in [1.54, 1.807) is 6.26 Å². The number of hydrogen-bond donors (Lipinski definition) is 1. The van der Waals surface area contributed by atoms with Crippen LogP contribution in [0, 0.1) is 6.92 Å². The van der Waals surface area contributed by atoms with E-state index in [9.17, 15) is 0 Å². The van der Waals surface area contributed by atoms with E-state index in [-0.39, 0.29) is 0 Å². The minimum absolute atomic E-state index is 0.991. The number of rotatable bonds is 9. The van der Waals surface area contributed by atoms with E-state index < -0.39 is 0 Å². The lowest BCUT2D eigenvalue weighted by molar-refractivity contribution is 0.315. The zero-order chi connectivity index (χ0) is 12.5. The van der Waals surface area contributed by atoms with Crippen LogP contribution in [0.2, 0.25) is 0 Å². The molecule has 0 spiro atoms. The van der Waals surface area contributed by atoms with E-state index in [0.717, 1.165) is 31.9 Å². The second-order valence-corrected chi connectivity index (χ2v) is 4.70. The van der Waals surface area contributed by atoms with Crippen molar-refractivity contribution >= 4 is 0 Å². The molecule has 0 saturated carbocycles. The minimum atomic E-state index is 0.991. The predicted octanol–water partition coefficient (Wildman–Crippen LogP) is 2.80. The van der Waals surface area contributed by atoms with Crippen molar-refractivity contribution in [2.24, 2.45) is 0 Å².